The summed E-state index contributed by atoms with van der Waals surface area (Å²) >= 11 is 0. The molecule has 0 saturated heterocycles. The number of rotatable bonds is 4. The zero-order valence-corrected chi connectivity index (χ0v) is 11.2. The van der Waals surface area contributed by atoms with Crippen LogP contribution in [-0.2, 0) is 6.54 Å². The monoisotopic (exact) mass is 246 g/mol. The van der Waals surface area contributed by atoms with Crippen LogP contribution in [-0.4, -0.2) is 24.1 Å². The fourth-order valence-corrected chi connectivity index (χ4v) is 1.96. The Morgan fingerprint density at radius 2 is 2.11 bits per heavy atom. The molecule has 2 rings (SSSR count). The van der Waals surface area contributed by atoms with Gasteiger partial charge in [-0.3, -0.25) is 0 Å². The van der Waals surface area contributed by atoms with Gasteiger partial charge in [-0.25, -0.2) is 9.97 Å². The first-order chi connectivity index (χ1) is 8.61. The second-order valence-electron chi connectivity index (χ2n) is 4.31. The fourth-order valence-electron chi connectivity index (χ4n) is 1.96. The Bertz CT molecular complexity index is 522. The highest BCUT2D eigenvalue weighted by atomic mass is 16.3. The molecule has 0 aliphatic heterocycles. The van der Waals surface area contributed by atoms with Crippen LogP contribution < -0.4 is 10.2 Å². The minimum atomic E-state index is 0.761. The van der Waals surface area contributed by atoms with Crippen molar-refractivity contribution in [2.75, 3.05) is 24.3 Å². The lowest BCUT2D eigenvalue weighted by Gasteiger charge is -2.21. The van der Waals surface area contributed by atoms with E-state index in [4.69, 9.17) is 4.42 Å². The molecule has 0 aliphatic rings. The van der Waals surface area contributed by atoms with Gasteiger partial charge in [-0.2, -0.15) is 0 Å². The molecular formula is C13H18N4O. The molecular weight excluding hydrogens is 228 g/mol. The number of aromatic nitrogens is 2. The average molecular weight is 246 g/mol. The second-order valence-corrected chi connectivity index (χ2v) is 4.31. The van der Waals surface area contributed by atoms with E-state index in [-0.39, 0.29) is 0 Å². The van der Waals surface area contributed by atoms with Crippen molar-refractivity contribution in [2.24, 2.45) is 0 Å². The molecule has 0 spiro atoms. The number of furan rings is 1. The zero-order valence-electron chi connectivity index (χ0n) is 11.2. The molecule has 0 amide bonds. The maximum absolute atomic E-state index is 5.08. The summed E-state index contributed by atoms with van der Waals surface area (Å²) in [6.07, 6.45) is 3.43. The Morgan fingerprint density at radius 3 is 2.72 bits per heavy atom. The van der Waals surface area contributed by atoms with Crippen LogP contribution in [0.4, 0.5) is 11.6 Å². The van der Waals surface area contributed by atoms with Crippen LogP contribution in [0.2, 0.25) is 0 Å². The molecule has 0 atom stereocenters. The van der Waals surface area contributed by atoms with Gasteiger partial charge in [0.1, 0.15) is 17.5 Å². The molecule has 0 fully saturated rings. The first-order valence-corrected chi connectivity index (χ1v) is 5.87. The topological polar surface area (TPSA) is 54.2 Å². The van der Waals surface area contributed by atoms with E-state index in [9.17, 15) is 0 Å². The summed E-state index contributed by atoms with van der Waals surface area (Å²) < 4.78 is 5.08. The van der Waals surface area contributed by atoms with Crippen LogP contribution >= 0.6 is 0 Å². The highest BCUT2D eigenvalue weighted by Crippen LogP contribution is 2.23. The predicted molar refractivity (Wildman–Crippen MR) is 71.9 cm³/mol. The molecule has 0 aliphatic carbocycles. The summed E-state index contributed by atoms with van der Waals surface area (Å²) in [7, 11) is 3.88. The maximum Gasteiger partial charge on any atom is 0.137 e. The van der Waals surface area contributed by atoms with Gasteiger partial charge in [0, 0.05) is 31.8 Å². The normalized spacial score (nSPS) is 10.4. The third kappa shape index (κ3) is 2.45. The van der Waals surface area contributed by atoms with Crippen LogP contribution in [0.1, 0.15) is 17.0 Å². The minimum absolute atomic E-state index is 0.761. The summed E-state index contributed by atoms with van der Waals surface area (Å²) in [6, 6.07) is 1.96. The molecule has 0 aromatic carbocycles. The number of aryl methyl sites for hydroxylation is 1. The first-order valence-electron chi connectivity index (χ1n) is 5.87. The summed E-state index contributed by atoms with van der Waals surface area (Å²) in [6.45, 7) is 4.68. The van der Waals surface area contributed by atoms with E-state index in [2.05, 4.69) is 20.2 Å². The van der Waals surface area contributed by atoms with Crippen molar-refractivity contribution in [3.05, 3.63) is 35.5 Å². The van der Waals surface area contributed by atoms with Crippen LogP contribution in [0.15, 0.2) is 23.0 Å². The van der Waals surface area contributed by atoms with Crippen LogP contribution in [0.25, 0.3) is 0 Å². The number of hydrogen-bond donors (Lipinski definition) is 1. The summed E-state index contributed by atoms with van der Waals surface area (Å²) in [4.78, 5) is 11.0. The number of hydrogen-bond acceptors (Lipinski definition) is 5. The van der Waals surface area contributed by atoms with Crippen molar-refractivity contribution in [2.45, 2.75) is 20.4 Å². The highest BCUT2D eigenvalue weighted by Gasteiger charge is 2.12. The zero-order chi connectivity index (χ0) is 13.1. The third-order valence-electron chi connectivity index (χ3n) is 2.83. The third-order valence-corrected chi connectivity index (χ3v) is 2.83. The minimum Gasteiger partial charge on any atom is -0.472 e. The predicted octanol–water partition coefficient (Wildman–Crippen LogP) is 2.36. The fraction of sp³-hybridized carbons (Fsp3) is 0.385. The van der Waals surface area contributed by atoms with Gasteiger partial charge in [0.2, 0.25) is 0 Å². The largest absolute Gasteiger partial charge is 0.472 e. The molecule has 0 unspecified atom stereocenters. The van der Waals surface area contributed by atoms with Gasteiger partial charge in [0.15, 0.2) is 0 Å². The van der Waals surface area contributed by atoms with Gasteiger partial charge in [0.05, 0.1) is 12.5 Å². The lowest BCUT2D eigenvalue weighted by Crippen LogP contribution is -2.20. The van der Waals surface area contributed by atoms with E-state index in [1.165, 1.54) is 0 Å². The standard InChI is InChI=1S/C13H18N4O/c1-9-12(14-3)15-10(2)16-13(9)17(4)7-11-5-6-18-8-11/h5-6,8H,7H2,1-4H3,(H,14,15,16). The van der Waals surface area contributed by atoms with E-state index in [0.717, 1.165) is 35.1 Å². The van der Waals surface area contributed by atoms with Gasteiger partial charge in [-0.15, -0.1) is 0 Å². The van der Waals surface area contributed by atoms with Crippen molar-refractivity contribution in [3.8, 4) is 0 Å². The van der Waals surface area contributed by atoms with Crippen LogP contribution in [0.3, 0.4) is 0 Å². The van der Waals surface area contributed by atoms with E-state index >= 15 is 0 Å². The molecule has 2 heterocycles. The molecule has 18 heavy (non-hydrogen) atoms. The summed E-state index contributed by atoms with van der Waals surface area (Å²) in [5.74, 6) is 2.57. The van der Waals surface area contributed by atoms with Gasteiger partial charge < -0.3 is 14.6 Å². The van der Waals surface area contributed by atoms with Gasteiger partial charge >= 0.3 is 0 Å². The maximum atomic E-state index is 5.08. The number of anilines is 2. The van der Waals surface area contributed by atoms with Crippen LogP contribution in [0, 0.1) is 13.8 Å². The molecule has 2 aromatic heterocycles. The molecule has 0 bridgehead atoms. The van der Waals surface area contributed by atoms with Crippen molar-refractivity contribution in [3.63, 3.8) is 0 Å². The lowest BCUT2D eigenvalue weighted by atomic mass is 10.2. The van der Waals surface area contributed by atoms with E-state index in [0.29, 0.717) is 0 Å². The molecule has 0 radical (unpaired) electrons. The van der Waals surface area contributed by atoms with E-state index < -0.39 is 0 Å². The molecule has 1 N–H and O–H groups in total. The van der Waals surface area contributed by atoms with Crippen molar-refractivity contribution in [1.29, 1.82) is 0 Å². The number of nitrogens with one attached hydrogen (secondary N) is 1. The first kappa shape index (κ1) is 12.4. The van der Waals surface area contributed by atoms with Gasteiger partial charge in [-0.05, 0) is 19.9 Å². The average Bonchev–Trinajstić information content (AvgIpc) is 2.84. The number of nitrogens with zero attached hydrogens (tertiary/aromatic N) is 3. The quantitative estimate of drug-likeness (QED) is 0.897. The van der Waals surface area contributed by atoms with Crippen molar-refractivity contribution < 1.29 is 4.42 Å². The molecule has 2 aromatic rings. The molecule has 5 heteroatoms. The van der Waals surface area contributed by atoms with E-state index in [1.807, 2.05) is 34.0 Å². The van der Waals surface area contributed by atoms with Gasteiger partial charge in [-0.1, -0.05) is 0 Å². The Kier molecular flexibility index (Phi) is 3.50. The molecule has 0 saturated carbocycles. The van der Waals surface area contributed by atoms with Gasteiger partial charge in [0.25, 0.3) is 0 Å². The molecule has 96 valence electrons. The van der Waals surface area contributed by atoms with Crippen molar-refractivity contribution in [1.82, 2.24) is 9.97 Å². The van der Waals surface area contributed by atoms with Crippen molar-refractivity contribution >= 4 is 11.6 Å². The van der Waals surface area contributed by atoms with Crippen LogP contribution in [0.5, 0.6) is 0 Å². The van der Waals surface area contributed by atoms with E-state index in [1.54, 1.807) is 12.5 Å². The smallest absolute Gasteiger partial charge is 0.137 e. The SMILES string of the molecule is CNc1nc(C)nc(N(C)Cc2ccoc2)c1C. The highest BCUT2D eigenvalue weighted by molar-refractivity contribution is 5.58. The Labute approximate surface area is 107 Å². The Balaban J connectivity index is 2.29. The Morgan fingerprint density at radius 1 is 1.33 bits per heavy atom. The Hall–Kier alpha value is -2.04. The lowest BCUT2D eigenvalue weighted by molar-refractivity contribution is 0.563. The molecule has 5 nitrogen and oxygen atoms in total. The summed E-state index contributed by atoms with van der Waals surface area (Å²) in [5.41, 5.74) is 2.17. The summed E-state index contributed by atoms with van der Waals surface area (Å²) in [5, 5.41) is 3.09. The second kappa shape index (κ2) is 5.08.